The fourth-order valence-corrected chi connectivity index (χ4v) is 1.72. The number of carboxylic acid groups (broad SMARTS) is 1. The van der Waals surface area contributed by atoms with Gasteiger partial charge in [0.1, 0.15) is 18.0 Å². The average Bonchev–Trinajstić information content (AvgIpc) is 2.54. The Labute approximate surface area is 96.2 Å². The van der Waals surface area contributed by atoms with E-state index in [0.29, 0.717) is 22.2 Å². The van der Waals surface area contributed by atoms with E-state index in [0.717, 1.165) is 0 Å². The van der Waals surface area contributed by atoms with Gasteiger partial charge in [-0.1, -0.05) is 11.6 Å². The van der Waals surface area contributed by atoms with Crippen LogP contribution in [0.15, 0.2) is 18.3 Å². The van der Waals surface area contributed by atoms with E-state index in [1.165, 1.54) is 7.11 Å². The van der Waals surface area contributed by atoms with Crippen LogP contribution >= 0.6 is 11.6 Å². The van der Waals surface area contributed by atoms with Gasteiger partial charge in [-0.15, -0.1) is 0 Å². The van der Waals surface area contributed by atoms with Crippen LogP contribution in [-0.4, -0.2) is 27.6 Å². The van der Waals surface area contributed by atoms with E-state index in [1.807, 2.05) is 0 Å². The number of pyridine rings is 1. The summed E-state index contributed by atoms with van der Waals surface area (Å²) >= 11 is 5.89. The van der Waals surface area contributed by atoms with Crippen LogP contribution in [0.4, 0.5) is 0 Å². The van der Waals surface area contributed by atoms with E-state index >= 15 is 0 Å². The standard InChI is InChI=1S/C10H9ClN2O3/c1-16-6-2-3-7-10(11)12-8(4-9(14)15)13(7)5-6/h2-3,5H,4H2,1H3,(H,14,15). The molecule has 6 heteroatoms. The van der Waals surface area contributed by atoms with Gasteiger partial charge in [-0.3, -0.25) is 9.20 Å². The molecule has 0 radical (unpaired) electrons. The Bertz CT molecular complexity index is 550. The van der Waals surface area contributed by atoms with E-state index in [2.05, 4.69) is 4.98 Å². The third kappa shape index (κ3) is 1.81. The second kappa shape index (κ2) is 4.02. The normalized spacial score (nSPS) is 10.6. The molecule has 2 aromatic rings. The number of carbonyl (C=O) groups is 1. The molecule has 16 heavy (non-hydrogen) atoms. The predicted octanol–water partition coefficient (Wildman–Crippen LogP) is 1.62. The quantitative estimate of drug-likeness (QED) is 0.886. The Kier molecular flexibility index (Phi) is 2.70. The van der Waals surface area contributed by atoms with Gasteiger partial charge in [0.15, 0.2) is 5.15 Å². The van der Waals surface area contributed by atoms with Crippen LogP contribution in [0.3, 0.4) is 0 Å². The molecule has 0 aliphatic carbocycles. The average molecular weight is 241 g/mol. The van der Waals surface area contributed by atoms with Crippen LogP contribution in [0, 0.1) is 0 Å². The summed E-state index contributed by atoms with van der Waals surface area (Å²) in [4.78, 5) is 14.6. The summed E-state index contributed by atoms with van der Waals surface area (Å²) in [6.45, 7) is 0. The molecule has 0 aromatic carbocycles. The van der Waals surface area contributed by atoms with Crippen molar-refractivity contribution in [2.45, 2.75) is 6.42 Å². The Balaban J connectivity index is 2.60. The van der Waals surface area contributed by atoms with Crippen molar-refractivity contribution < 1.29 is 14.6 Å². The molecule has 2 heterocycles. The van der Waals surface area contributed by atoms with Crippen molar-refractivity contribution in [3.05, 3.63) is 29.3 Å². The monoisotopic (exact) mass is 240 g/mol. The Morgan fingerprint density at radius 2 is 2.38 bits per heavy atom. The fraction of sp³-hybridized carbons (Fsp3) is 0.200. The van der Waals surface area contributed by atoms with Crippen molar-refractivity contribution in [1.82, 2.24) is 9.38 Å². The lowest BCUT2D eigenvalue weighted by Gasteiger charge is -2.02. The largest absolute Gasteiger partial charge is 0.495 e. The van der Waals surface area contributed by atoms with Gasteiger partial charge in [-0.2, -0.15) is 0 Å². The minimum absolute atomic E-state index is 0.180. The molecule has 0 amide bonds. The molecule has 0 fully saturated rings. The number of nitrogens with zero attached hydrogens (tertiary/aromatic N) is 2. The minimum atomic E-state index is -0.952. The van der Waals surface area contributed by atoms with Crippen LogP contribution < -0.4 is 4.74 Å². The zero-order valence-corrected chi connectivity index (χ0v) is 9.23. The highest BCUT2D eigenvalue weighted by Crippen LogP contribution is 2.22. The predicted molar refractivity (Wildman–Crippen MR) is 58.1 cm³/mol. The lowest BCUT2D eigenvalue weighted by Crippen LogP contribution is -2.04. The van der Waals surface area contributed by atoms with Crippen molar-refractivity contribution in [3.63, 3.8) is 0 Å². The number of fused-ring (bicyclic) bond motifs is 1. The van der Waals surface area contributed by atoms with Gasteiger partial charge in [-0.05, 0) is 12.1 Å². The first-order valence-corrected chi connectivity index (χ1v) is 4.92. The zero-order chi connectivity index (χ0) is 11.7. The Morgan fingerprint density at radius 1 is 1.62 bits per heavy atom. The number of imidazole rings is 1. The smallest absolute Gasteiger partial charge is 0.311 e. The van der Waals surface area contributed by atoms with Gasteiger partial charge in [0.05, 0.1) is 18.8 Å². The van der Waals surface area contributed by atoms with Gasteiger partial charge < -0.3 is 9.84 Å². The van der Waals surface area contributed by atoms with Gasteiger partial charge in [0.25, 0.3) is 0 Å². The third-order valence-corrected chi connectivity index (χ3v) is 2.46. The Hall–Kier alpha value is -1.75. The topological polar surface area (TPSA) is 63.8 Å². The van der Waals surface area contributed by atoms with Crippen molar-refractivity contribution >= 4 is 23.1 Å². The van der Waals surface area contributed by atoms with Crippen LogP contribution in [0.2, 0.25) is 5.15 Å². The first-order valence-electron chi connectivity index (χ1n) is 4.54. The van der Waals surface area contributed by atoms with Crippen LogP contribution in [0.25, 0.3) is 5.52 Å². The van der Waals surface area contributed by atoms with Gasteiger partial charge in [0, 0.05) is 0 Å². The third-order valence-electron chi connectivity index (χ3n) is 2.18. The number of ether oxygens (including phenoxy) is 1. The number of aromatic nitrogens is 2. The molecular weight excluding hydrogens is 232 g/mol. The van der Waals surface area contributed by atoms with E-state index in [-0.39, 0.29) is 6.42 Å². The fourth-order valence-electron chi connectivity index (χ4n) is 1.47. The zero-order valence-electron chi connectivity index (χ0n) is 8.48. The second-order valence-corrected chi connectivity index (χ2v) is 3.57. The van der Waals surface area contributed by atoms with Crippen molar-refractivity contribution in [3.8, 4) is 5.75 Å². The van der Waals surface area contributed by atoms with E-state index in [4.69, 9.17) is 21.4 Å². The van der Waals surface area contributed by atoms with Crippen molar-refractivity contribution in [2.75, 3.05) is 7.11 Å². The summed E-state index contributed by atoms with van der Waals surface area (Å²) in [5.41, 5.74) is 0.665. The highest BCUT2D eigenvalue weighted by Gasteiger charge is 2.12. The summed E-state index contributed by atoms with van der Waals surface area (Å²) in [6, 6.07) is 3.48. The van der Waals surface area contributed by atoms with Gasteiger partial charge in [0.2, 0.25) is 0 Å². The number of hydrogen-bond donors (Lipinski definition) is 1. The second-order valence-electron chi connectivity index (χ2n) is 3.21. The molecule has 0 bridgehead atoms. The number of hydrogen-bond acceptors (Lipinski definition) is 3. The van der Waals surface area contributed by atoms with E-state index in [9.17, 15) is 4.79 Å². The lowest BCUT2D eigenvalue weighted by atomic mass is 10.4. The highest BCUT2D eigenvalue weighted by atomic mass is 35.5. The summed E-state index contributed by atoms with van der Waals surface area (Å²) in [7, 11) is 1.54. The summed E-state index contributed by atoms with van der Waals surface area (Å²) in [5, 5.41) is 9.03. The van der Waals surface area contributed by atoms with Crippen LogP contribution in [0.1, 0.15) is 5.82 Å². The SMILES string of the molecule is COc1ccc2c(Cl)nc(CC(=O)O)n2c1. The minimum Gasteiger partial charge on any atom is -0.495 e. The van der Waals surface area contributed by atoms with Crippen LogP contribution in [-0.2, 0) is 11.2 Å². The number of carboxylic acids is 1. The first-order chi connectivity index (χ1) is 7.61. The lowest BCUT2D eigenvalue weighted by molar-refractivity contribution is -0.136. The number of methoxy groups -OCH3 is 1. The molecule has 84 valence electrons. The maximum absolute atomic E-state index is 10.6. The molecular formula is C10H9ClN2O3. The van der Waals surface area contributed by atoms with Crippen molar-refractivity contribution in [1.29, 1.82) is 0 Å². The molecule has 2 rings (SSSR count). The molecule has 0 aliphatic heterocycles. The molecule has 0 atom stereocenters. The first kappa shape index (κ1) is 10.8. The molecule has 5 nitrogen and oxygen atoms in total. The summed E-state index contributed by atoms with van der Waals surface area (Å²) < 4.78 is 6.67. The molecule has 0 saturated carbocycles. The molecule has 0 aliphatic rings. The Morgan fingerprint density at radius 3 is 3.00 bits per heavy atom. The molecule has 2 aromatic heterocycles. The maximum atomic E-state index is 10.6. The van der Waals surface area contributed by atoms with E-state index in [1.54, 1.807) is 22.7 Å². The van der Waals surface area contributed by atoms with Crippen molar-refractivity contribution in [2.24, 2.45) is 0 Å². The molecule has 0 saturated heterocycles. The number of rotatable bonds is 3. The van der Waals surface area contributed by atoms with Crippen LogP contribution in [0.5, 0.6) is 5.75 Å². The summed E-state index contributed by atoms with van der Waals surface area (Å²) in [6.07, 6.45) is 1.48. The molecule has 0 unspecified atom stereocenters. The van der Waals surface area contributed by atoms with Gasteiger partial charge >= 0.3 is 5.97 Å². The number of aliphatic carboxylic acids is 1. The highest BCUT2D eigenvalue weighted by molar-refractivity contribution is 6.32. The maximum Gasteiger partial charge on any atom is 0.311 e. The van der Waals surface area contributed by atoms with E-state index < -0.39 is 5.97 Å². The van der Waals surface area contributed by atoms with Gasteiger partial charge in [-0.25, -0.2) is 4.98 Å². The number of halogens is 1. The summed E-state index contributed by atoms with van der Waals surface area (Å²) in [5.74, 6) is 0.0472. The molecule has 1 N–H and O–H groups in total. The molecule has 0 spiro atoms.